The molecule has 0 radical (unpaired) electrons. The number of carbonyl (C=O) groups is 3. The molecule has 76 heavy (non-hydrogen) atoms. The third kappa shape index (κ3) is 61.2. The molecule has 0 aliphatic rings. The largest absolute Gasteiger partial charge is 0.462 e. The minimum atomic E-state index is -0.805. The molecule has 0 heterocycles. The summed E-state index contributed by atoms with van der Waals surface area (Å²) in [5, 5.41) is 0. The van der Waals surface area contributed by atoms with Gasteiger partial charge >= 0.3 is 17.9 Å². The summed E-state index contributed by atoms with van der Waals surface area (Å²) in [4.78, 5) is 38.3. The van der Waals surface area contributed by atoms with Gasteiger partial charge in [-0.2, -0.15) is 0 Å². The highest BCUT2D eigenvalue weighted by Crippen LogP contribution is 2.17. The van der Waals surface area contributed by atoms with Gasteiger partial charge in [0, 0.05) is 19.3 Å². The van der Waals surface area contributed by atoms with Crippen molar-refractivity contribution in [3.05, 3.63) is 97.2 Å². The van der Waals surface area contributed by atoms with E-state index in [1.54, 1.807) is 0 Å². The molecular formula is C70H120O6. The molecule has 0 amide bonds. The van der Waals surface area contributed by atoms with Crippen molar-refractivity contribution in [2.24, 2.45) is 0 Å². The summed E-state index contributed by atoms with van der Waals surface area (Å²) < 4.78 is 16.9. The smallest absolute Gasteiger partial charge is 0.306 e. The summed E-state index contributed by atoms with van der Waals surface area (Å²) in [5.74, 6) is -0.955. The molecule has 0 aliphatic heterocycles. The van der Waals surface area contributed by atoms with Crippen LogP contribution in [0.15, 0.2) is 97.2 Å². The van der Waals surface area contributed by atoms with E-state index in [2.05, 4.69) is 118 Å². The van der Waals surface area contributed by atoms with Crippen molar-refractivity contribution in [3.8, 4) is 0 Å². The molecule has 0 saturated heterocycles. The van der Waals surface area contributed by atoms with Crippen molar-refractivity contribution in [2.75, 3.05) is 13.2 Å². The zero-order valence-electron chi connectivity index (χ0n) is 50.0. The van der Waals surface area contributed by atoms with Crippen molar-refractivity contribution in [1.82, 2.24) is 0 Å². The maximum absolute atomic E-state index is 12.9. The first-order valence-corrected chi connectivity index (χ1v) is 32.2. The molecule has 0 rings (SSSR count). The molecule has 0 aliphatic carbocycles. The van der Waals surface area contributed by atoms with E-state index in [4.69, 9.17) is 14.2 Å². The van der Waals surface area contributed by atoms with Gasteiger partial charge in [-0.25, -0.2) is 0 Å². The summed E-state index contributed by atoms with van der Waals surface area (Å²) in [6.45, 7) is 6.50. The van der Waals surface area contributed by atoms with Gasteiger partial charge in [0.15, 0.2) is 6.10 Å². The van der Waals surface area contributed by atoms with Crippen LogP contribution in [0.25, 0.3) is 0 Å². The maximum atomic E-state index is 12.9. The highest BCUT2D eigenvalue weighted by molar-refractivity contribution is 5.71. The predicted molar refractivity (Wildman–Crippen MR) is 330 cm³/mol. The van der Waals surface area contributed by atoms with Crippen molar-refractivity contribution in [3.63, 3.8) is 0 Å². The Kier molecular flexibility index (Phi) is 60.8. The van der Waals surface area contributed by atoms with Crippen molar-refractivity contribution >= 4 is 17.9 Å². The number of ether oxygens (including phenoxy) is 3. The van der Waals surface area contributed by atoms with Crippen LogP contribution in [-0.2, 0) is 28.6 Å². The minimum absolute atomic E-state index is 0.0978. The van der Waals surface area contributed by atoms with Gasteiger partial charge in [0.25, 0.3) is 0 Å². The van der Waals surface area contributed by atoms with Crippen LogP contribution in [-0.4, -0.2) is 37.2 Å². The standard InChI is InChI=1S/C70H120O6/c1-4-7-10-13-16-19-22-25-28-30-32-34-35-37-38-40-42-45-48-51-54-57-60-63-69(72)75-66-67(65-74-68(71)62-59-56-53-50-47-44-27-24-21-18-15-12-9-6-3)76-70(73)64-61-58-55-52-49-46-43-41-39-36-33-31-29-26-23-20-17-14-11-8-5-2/h7,10,16,19,24-25,27-28,32,34,37-38,42,45,51,54,67H,4-6,8-9,11-15,17-18,20-23,26,29-31,33,35-36,39-41,43-44,46-50,52-53,55-66H2,1-3H3/b10-7-,19-16-,27-24-,28-25-,34-32-,38-37-,45-42-,54-51-. The van der Waals surface area contributed by atoms with E-state index in [-0.39, 0.29) is 37.5 Å². The van der Waals surface area contributed by atoms with Crippen LogP contribution >= 0.6 is 0 Å². The Balaban J connectivity index is 4.44. The zero-order chi connectivity index (χ0) is 55.0. The number of hydrogen-bond acceptors (Lipinski definition) is 6. The fourth-order valence-corrected chi connectivity index (χ4v) is 9.02. The average molecular weight is 1060 g/mol. The normalized spacial score (nSPS) is 12.7. The molecule has 0 spiro atoms. The highest BCUT2D eigenvalue weighted by atomic mass is 16.6. The third-order valence-corrected chi connectivity index (χ3v) is 13.8. The molecular weight excluding hydrogens is 937 g/mol. The summed E-state index contributed by atoms with van der Waals surface area (Å²) in [7, 11) is 0. The number of hydrogen-bond donors (Lipinski definition) is 0. The van der Waals surface area contributed by atoms with E-state index in [1.165, 1.54) is 167 Å². The average Bonchev–Trinajstić information content (AvgIpc) is 3.42. The van der Waals surface area contributed by atoms with Gasteiger partial charge in [-0.05, 0) is 96.3 Å². The van der Waals surface area contributed by atoms with Gasteiger partial charge in [-0.3, -0.25) is 14.4 Å². The van der Waals surface area contributed by atoms with Crippen LogP contribution in [0.3, 0.4) is 0 Å². The van der Waals surface area contributed by atoms with E-state index < -0.39 is 6.10 Å². The summed E-state index contributed by atoms with van der Waals surface area (Å²) in [6, 6.07) is 0. The fraction of sp³-hybridized carbons (Fsp3) is 0.729. The van der Waals surface area contributed by atoms with Gasteiger partial charge in [-0.15, -0.1) is 0 Å². The van der Waals surface area contributed by atoms with E-state index in [9.17, 15) is 14.4 Å². The van der Waals surface area contributed by atoms with E-state index in [0.29, 0.717) is 19.3 Å². The lowest BCUT2D eigenvalue weighted by Crippen LogP contribution is -2.30. The molecule has 0 aromatic heterocycles. The molecule has 1 atom stereocenters. The van der Waals surface area contributed by atoms with Gasteiger partial charge in [-0.1, -0.05) is 291 Å². The predicted octanol–water partition coefficient (Wildman–Crippen LogP) is 22.0. The molecule has 0 saturated carbocycles. The van der Waals surface area contributed by atoms with E-state index >= 15 is 0 Å². The molecule has 6 heteroatoms. The molecule has 0 aromatic carbocycles. The summed E-state index contributed by atoms with van der Waals surface area (Å²) >= 11 is 0. The van der Waals surface area contributed by atoms with Crippen molar-refractivity contribution in [2.45, 2.75) is 316 Å². The first kappa shape index (κ1) is 72.3. The molecule has 1 unspecified atom stereocenters. The Labute approximate surface area is 470 Å². The van der Waals surface area contributed by atoms with Gasteiger partial charge in [0.2, 0.25) is 0 Å². The number of rotatable bonds is 58. The second-order valence-corrected chi connectivity index (χ2v) is 21.3. The molecule has 436 valence electrons. The van der Waals surface area contributed by atoms with Crippen LogP contribution < -0.4 is 0 Å². The summed E-state index contributed by atoms with van der Waals surface area (Å²) in [6.07, 6.45) is 85.6. The number of esters is 3. The monoisotopic (exact) mass is 1060 g/mol. The van der Waals surface area contributed by atoms with Crippen LogP contribution in [0.2, 0.25) is 0 Å². The number of carbonyl (C=O) groups excluding carboxylic acids is 3. The highest BCUT2D eigenvalue weighted by Gasteiger charge is 2.19. The zero-order valence-corrected chi connectivity index (χ0v) is 50.0. The molecule has 6 nitrogen and oxygen atoms in total. The fourth-order valence-electron chi connectivity index (χ4n) is 9.02. The van der Waals surface area contributed by atoms with Gasteiger partial charge in [0.1, 0.15) is 13.2 Å². The lowest BCUT2D eigenvalue weighted by Gasteiger charge is -2.18. The molecule has 0 bridgehead atoms. The third-order valence-electron chi connectivity index (χ3n) is 13.8. The first-order valence-electron chi connectivity index (χ1n) is 32.2. The molecule has 0 N–H and O–H groups in total. The minimum Gasteiger partial charge on any atom is -0.462 e. The molecule has 0 fully saturated rings. The summed E-state index contributed by atoms with van der Waals surface area (Å²) in [5.41, 5.74) is 0. The van der Waals surface area contributed by atoms with Gasteiger partial charge in [0.05, 0.1) is 0 Å². The Hall–Kier alpha value is -3.67. The maximum Gasteiger partial charge on any atom is 0.306 e. The van der Waals surface area contributed by atoms with Gasteiger partial charge < -0.3 is 14.2 Å². The quantitative estimate of drug-likeness (QED) is 0.0261. The topological polar surface area (TPSA) is 78.9 Å². The van der Waals surface area contributed by atoms with E-state index in [0.717, 1.165) is 96.3 Å². The van der Waals surface area contributed by atoms with Crippen LogP contribution in [0.1, 0.15) is 310 Å². The second kappa shape index (κ2) is 63.9. The number of unbranched alkanes of at least 4 members (excludes halogenated alkanes) is 31. The first-order chi connectivity index (χ1) is 37.5. The lowest BCUT2D eigenvalue weighted by atomic mass is 10.0. The Morgan fingerprint density at radius 3 is 0.868 bits per heavy atom. The van der Waals surface area contributed by atoms with Crippen molar-refractivity contribution in [1.29, 1.82) is 0 Å². The van der Waals surface area contributed by atoms with Crippen LogP contribution in [0, 0.1) is 0 Å². The lowest BCUT2D eigenvalue weighted by molar-refractivity contribution is -0.167. The number of allylic oxidation sites excluding steroid dienone is 16. The van der Waals surface area contributed by atoms with Crippen LogP contribution in [0.4, 0.5) is 0 Å². The van der Waals surface area contributed by atoms with E-state index in [1.807, 2.05) is 0 Å². The Morgan fingerprint density at radius 2 is 0.526 bits per heavy atom. The Bertz CT molecular complexity index is 1490. The Morgan fingerprint density at radius 1 is 0.276 bits per heavy atom. The molecule has 0 aromatic rings. The van der Waals surface area contributed by atoms with Crippen molar-refractivity contribution < 1.29 is 28.6 Å². The SMILES string of the molecule is CC/C=C\C/C=C\C/C=C\C/C=C\C/C=C\C/C=C\C/C=C\CCCC(=O)OCC(COC(=O)CCCCCCC/C=C\CCCCCCC)OC(=O)CCCCCCCCCCCCCCCCCCCCCCC. The second-order valence-electron chi connectivity index (χ2n) is 21.3. The van der Waals surface area contributed by atoms with Crippen LogP contribution in [0.5, 0.6) is 0 Å².